The zero-order valence-corrected chi connectivity index (χ0v) is 10.4. The highest BCUT2D eigenvalue weighted by atomic mass is 16.5. The zero-order valence-electron chi connectivity index (χ0n) is 10.4. The van der Waals surface area contributed by atoms with Gasteiger partial charge in [-0.05, 0) is 12.1 Å². The van der Waals surface area contributed by atoms with Crippen LogP contribution in [0.3, 0.4) is 0 Å². The fourth-order valence-electron chi connectivity index (χ4n) is 2.84. The Bertz CT molecular complexity index is 421. The van der Waals surface area contributed by atoms with Crippen LogP contribution in [-0.4, -0.2) is 46.4 Å². The van der Waals surface area contributed by atoms with Gasteiger partial charge in [0.1, 0.15) is 5.75 Å². The molecular formula is C13H19N3O. The number of methoxy groups -OCH3 is 1. The lowest BCUT2D eigenvalue weighted by atomic mass is 10.1. The van der Waals surface area contributed by atoms with Crippen LogP contribution in [0, 0.1) is 0 Å². The molecule has 0 saturated carbocycles. The molecule has 0 amide bonds. The van der Waals surface area contributed by atoms with Gasteiger partial charge in [-0.2, -0.15) is 0 Å². The summed E-state index contributed by atoms with van der Waals surface area (Å²) >= 11 is 0. The van der Waals surface area contributed by atoms with E-state index in [0.717, 1.165) is 31.9 Å². The molecule has 2 aliphatic heterocycles. The second kappa shape index (κ2) is 4.11. The number of benzene rings is 1. The Balaban J connectivity index is 2.03. The average Bonchev–Trinajstić information content (AvgIpc) is 2.38. The second-order valence-electron chi connectivity index (χ2n) is 4.79. The summed E-state index contributed by atoms with van der Waals surface area (Å²) < 4.78 is 5.33. The number of fused-ring (bicyclic) bond motifs is 3. The molecule has 4 heteroatoms. The maximum atomic E-state index is 5.33. The first-order chi connectivity index (χ1) is 8.29. The van der Waals surface area contributed by atoms with Gasteiger partial charge in [0.05, 0.1) is 24.5 Å². The predicted octanol–water partition coefficient (Wildman–Crippen LogP) is 0.923. The summed E-state index contributed by atoms with van der Waals surface area (Å²) in [6.07, 6.45) is 0. The Hall–Kier alpha value is -1.42. The lowest BCUT2D eigenvalue weighted by molar-refractivity contribution is 0.413. The van der Waals surface area contributed by atoms with Crippen molar-refractivity contribution in [3.05, 3.63) is 18.2 Å². The summed E-state index contributed by atoms with van der Waals surface area (Å²) in [4.78, 5) is 4.84. The standard InChI is InChI=1S/C13H19N3O/c1-15-9-10-8-14-5-6-16(10)13-7-11(17-2)3-4-12(13)15/h3-4,7,10,14H,5-6,8-9H2,1-2H3. The number of likely N-dealkylation sites (N-methyl/N-ethyl adjacent to an activating group) is 1. The van der Waals surface area contributed by atoms with Crippen LogP contribution in [0.2, 0.25) is 0 Å². The van der Waals surface area contributed by atoms with Crippen molar-refractivity contribution in [1.82, 2.24) is 5.32 Å². The highest BCUT2D eigenvalue weighted by Gasteiger charge is 2.30. The lowest BCUT2D eigenvalue weighted by Gasteiger charge is -2.46. The molecule has 92 valence electrons. The van der Waals surface area contributed by atoms with Crippen LogP contribution in [0.4, 0.5) is 11.4 Å². The van der Waals surface area contributed by atoms with Crippen molar-refractivity contribution in [1.29, 1.82) is 0 Å². The molecule has 0 spiro atoms. The molecule has 1 saturated heterocycles. The molecule has 1 unspecified atom stereocenters. The molecule has 17 heavy (non-hydrogen) atoms. The first-order valence-electron chi connectivity index (χ1n) is 6.16. The highest BCUT2D eigenvalue weighted by molar-refractivity contribution is 5.75. The van der Waals surface area contributed by atoms with E-state index in [9.17, 15) is 0 Å². The molecule has 0 aliphatic carbocycles. The zero-order chi connectivity index (χ0) is 11.8. The third-order valence-electron chi connectivity index (χ3n) is 3.74. The van der Waals surface area contributed by atoms with Gasteiger partial charge in [-0.15, -0.1) is 0 Å². The topological polar surface area (TPSA) is 27.7 Å². The first kappa shape index (κ1) is 10.7. The van der Waals surface area contributed by atoms with E-state index in [1.165, 1.54) is 11.4 Å². The van der Waals surface area contributed by atoms with Crippen LogP contribution in [-0.2, 0) is 0 Å². The van der Waals surface area contributed by atoms with Crippen LogP contribution in [0.15, 0.2) is 18.2 Å². The summed E-state index contributed by atoms with van der Waals surface area (Å²) in [7, 11) is 3.89. The first-order valence-corrected chi connectivity index (χ1v) is 6.16. The Morgan fingerprint density at radius 1 is 1.35 bits per heavy atom. The Kier molecular flexibility index (Phi) is 2.59. The minimum absolute atomic E-state index is 0.577. The van der Waals surface area contributed by atoms with E-state index in [1.807, 2.05) is 6.07 Å². The van der Waals surface area contributed by atoms with E-state index in [4.69, 9.17) is 4.74 Å². The lowest BCUT2D eigenvalue weighted by Crippen LogP contribution is -2.58. The molecule has 1 fully saturated rings. The van der Waals surface area contributed by atoms with Gasteiger partial charge >= 0.3 is 0 Å². The molecule has 0 radical (unpaired) electrons. The van der Waals surface area contributed by atoms with Crippen molar-refractivity contribution in [2.75, 3.05) is 50.1 Å². The number of piperazine rings is 1. The quantitative estimate of drug-likeness (QED) is 0.781. The molecule has 2 aliphatic rings. The number of hydrogen-bond donors (Lipinski definition) is 1. The molecule has 3 rings (SSSR count). The van der Waals surface area contributed by atoms with E-state index in [2.05, 4.69) is 34.3 Å². The molecule has 4 nitrogen and oxygen atoms in total. The summed E-state index contributed by atoms with van der Waals surface area (Å²) in [6, 6.07) is 6.93. The van der Waals surface area contributed by atoms with Gasteiger partial charge in [0.25, 0.3) is 0 Å². The fourth-order valence-corrected chi connectivity index (χ4v) is 2.84. The summed E-state index contributed by atoms with van der Waals surface area (Å²) in [5.41, 5.74) is 2.62. The summed E-state index contributed by atoms with van der Waals surface area (Å²) in [6.45, 7) is 4.31. The normalized spacial score (nSPS) is 23.1. The van der Waals surface area contributed by atoms with E-state index >= 15 is 0 Å². The number of rotatable bonds is 1. The molecule has 2 heterocycles. The molecular weight excluding hydrogens is 214 g/mol. The van der Waals surface area contributed by atoms with Gasteiger partial charge in [0.2, 0.25) is 0 Å². The van der Waals surface area contributed by atoms with Crippen molar-refractivity contribution in [2.45, 2.75) is 6.04 Å². The summed E-state index contributed by atoms with van der Waals surface area (Å²) in [5.74, 6) is 0.941. The average molecular weight is 233 g/mol. The van der Waals surface area contributed by atoms with Crippen molar-refractivity contribution in [3.63, 3.8) is 0 Å². The van der Waals surface area contributed by atoms with Crippen LogP contribution < -0.4 is 19.9 Å². The SMILES string of the molecule is COc1ccc2c(c1)N1CCNCC1CN2C. The number of nitrogens with zero attached hydrogens (tertiary/aromatic N) is 2. The van der Waals surface area contributed by atoms with Gasteiger partial charge in [0.15, 0.2) is 0 Å². The van der Waals surface area contributed by atoms with Crippen LogP contribution in [0.5, 0.6) is 5.75 Å². The van der Waals surface area contributed by atoms with Gasteiger partial charge < -0.3 is 19.9 Å². The van der Waals surface area contributed by atoms with Gasteiger partial charge in [-0.3, -0.25) is 0 Å². The highest BCUT2D eigenvalue weighted by Crippen LogP contribution is 2.37. The smallest absolute Gasteiger partial charge is 0.121 e. The number of hydrogen-bond acceptors (Lipinski definition) is 4. The third-order valence-corrected chi connectivity index (χ3v) is 3.74. The predicted molar refractivity (Wildman–Crippen MR) is 70.3 cm³/mol. The van der Waals surface area contributed by atoms with Crippen LogP contribution in [0.25, 0.3) is 0 Å². The second-order valence-corrected chi connectivity index (χ2v) is 4.79. The van der Waals surface area contributed by atoms with E-state index in [1.54, 1.807) is 7.11 Å². The minimum atomic E-state index is 0.577. The number of nitrogens with one attached hydrogen (secondary N) is 1. The van der Waals surface area contributed by atoms with E-state index in [-0.39, 0.29) is 0 Å². The van der Waals surface area contributed by atoms with Crippen molar-refractivity contribution < 1.29 is 4.74 Å². The third kappa shape index (κ3) is 1.72. The molecule has 1 aromatic rings. The monoisotopic (exact) mass is 233 g/mol. The largest absolute Gasteiger partial charge is 0.497 e. The fraction of sp³-hybridized carbons (Fsp3) is 0.538. The Labute approximate surface area is 102 Å². The molecule has 1 aromatic carbocycles. The van der Waals surface area contributed by atoms with Crippen LogP contribution in [0.1, 0.15) is 0 Å². The maximum Gasteiger partial charge on any atom is 0.121 e. The Morgan fingerprint density at radius 2 is 2.24 bits per heavy atom. The summed E-state index contributed by atoms with van der Waals surface area (Å²) in [5, 5.41) is 3.46. The van der Waals surface area contributed by atoms with Crippen molar-refractivity contribution in [3.8, 4) is 5.75 Å². The maximum absolute atomic E-state index is 5.33. The molecule has 0 bridgehead atoms. The Morgan fingerprint density at radius 3 is 3.06 bits per heavy atom. The van der Waals surface area contributed by atoms with E-state index < -0.39 is 0 Å². The van der Waals surface area contributed by atoms with Gasteiger partial charge in [0, 0.05) is 39.3 Å². The van der Waals surface area contributed by atoms with Crippen molar-refractivity contribution >= 4 is 11.4 Å². The van der Waals surface area contributed by atoms with E-state index in [0.29, 0.717) is 6.04 Å². The van der Waals surface area contributed by atoms with Gasteiger partial charge in [-0.1, -0.05) is 0 Å². The number of anilines is 2. The minimum Gasteiger partial charge on any atom is -0.497 e. The number of ether oxygens (including phenoxy) is 1. The van der Waals surface area contributed by atoms with Crippen molar-refractivity contribution in [2.24, 2.45) is 0 Å². The molecule has 1 atom stereocenters. The van der Waals surface area contributed by atoms with Crippen LogP contribution >= 0.6 is 0 Å². The van der Waals surface area contributed by atoms with Gasteiger partial charge in [-0.25, -0.2) is 0 Å². The molecule has 0 aromatic heterocycles. The molecule has 1 N–H and O–H groups in total.